The zero-order valence-electron chi connectivity index (χ0n) is 18.7. The summed E-state index contributed by atoms with van der Waals surface area (Å²) in [5.74, 6) is -0.157. The van der Waals surface area contributed by atoms with E-state index in [9.17, 15) is 14.4 Å². The minimum absolute atomic E-state index is 0.0403. The molecule has 1 aliphatic rings. The molecule has 0 aromatic heterocycles. The predicted octanol–water partition coefficient (Wildman–Crippen LogP) is 2.97. The van der Waals surface area contributed by atoms with E-state index in [0.717, 1.165) is 10.6 Å². The number of hydrazine groups is 1. The van der Waals surface area contributed by atoms with Crippen LogP contribution >= 0.6 is 0 Å². The number of aliphatic imine (C=N–C) groups is 1. The second-order valence-corrected chi connectivity index (χ2v) is 7.24. The summed E-state index contributed by atoms with van der Waals surface area (Å²) >= 11 is 0. The Kier molecular flexibility index (Phi) is 8.01. The zero-order valence-corrected chi connectivity index (χ0v) is 18.7. The van der Waals surface area contributed by atoms with Gasteiger partial charge in [0.2, 0.25) is 0 Å². The lowest BCUT2D eigenvalue weighted by Crippen LogP contribution is -2.70. The van der Waals surface area contributed by atoms with Crippen LogP contribution in [0, 0.1) is 0 Å². The zero-order chi connectivity index (χ0) is 23.7. The third-order valence-corrected chi connectivity index (χ3v) is 5.09. The highest BCUT2D eigenvalue weighted by Crippen LogP contribution is 2.29. The topological polar surface area (TPSA) is 109 Å². The Balaban J connectivity index is 2.23. The predicted molar refractivity (Wildman–Crippen MR) is 123 cm³/mol. The molecule has 0 aliphatic carbocycles. The molecule has 2 N–H and O–H groups in total. The molecule has 0 saturated carbocycles. The Morgan fingerprint density at radius 3 is 2.21 bits per heavy atom. The molecule has 0 bridgehead atoms. The van der Waals surface area contributed by atoms with Crippen molar-refractivity contribution in [1.29, 1.82) is 0 Å². The number of nitrogens with zero attached hydrogens (tertiary/aromatic N) is 2. The van der Waals surface area contributed by atoms with E-state index in [1.165, 1.54) is 0 Å². The van der Waals surface area contributed by atoms with Crippen LogP contribution in [0.3, 0.4) is 0 Å². The van der Waals surface area contributed by atoms with Gasteiger partial charge < -0.3 is 14.8 Å². The number of nitrogens with one attached hydrogen (secondary N) is 2. The van der Waals surface area contributed by atoms with Crippen molar-refractivity contribution in [1.82, 2.24) is 15.8 Å². The summed E-state index contributed by atoms with van der Waals surface area (Å²) in [4.78, 5) is 44.4. The number of carbonyl (C=O) groups is 3. The van der Waals surface area contributed by atoms with Gasteiger partial charge in [-0.3, -0.25) is 9.79 Å². The number of carbonyl (C=O) groups excluding carboxylic acids is 3. The average molecular weight is 453 g/mol. The van der Waals surface area contributed by atoms with Crippen LogP contribution in [-0.2, 0) is 15.9 Å². The van der Waals surface area contributed by atoms with Crippen molar-refractivity contribution in [2.75, 3.05) is 26.3 Å². The summed E-state index contributed by atoms with van der Waals surface area (Å²) in [5, 5.41) is 4.05. The van der Waals surface area contributed by atoms with Crippen LogP contribution in [0.1, 0.15) is 29.8 Å². The largest absolute Gasteiger partial charge is 0.449 e. The molecule has 0 saturated heterocycles. The monoisotopic (exact) mass is 452 g/mol. The number of ketones is 1. The van der Waals surface area contributed by atoms with Crippen LogP contribution in [0.15, 0.2) is 65.7 Å². The first-order chi connectivity index (χ1) is 16.0. The molecule has 1 unspecified atom stereocenters. The van der Waals surface area contributed by atoms with Crippen LogP contribution in [0.2, 0.25) is 0 Å². The van der Waals surface area contributed by atoms with E-state index in [1.807, 2.05) is 30.3 Å². The number of hydrogen-bond acceptors (Lipinski definition) is 7. The van der Waals surface area contributed by atoms with Crippen LogP contribution in [-0.4, -0.2) is 60.7 Å². The van der Waals surface area contributed by atoms with E-state index >= 15 is 0 Å². The second kappa shape index (κ2) is 11.1. The molecule has 33 heavy (non-hydrogen) atoms. The number of Topliss-reactive ketones (excluding diaryl/α,β-unsaturated/α-hetero) is 1. The lowest BCUT2D eigenvalue weighted by Gasteiger charge is -2.41. The van der Waals surface area contributed by atoms with Crippen molar-refractivity contribution >= 4 is 23.8 Å². The Bertz CT molecular complexity index is 996. The lowest BCUT2D eigenvalue weighted by atomic mass is 9.81. The standard InChI is InChI=1S/C24H28N4O5/c1-3-32-22(30)27-28(23(31)33-4-2)24(21-25-15-16-26-21,17-18-11-7-5-8-12-18)20(29)19-13-9-6-10-14-19/h5-14H,3-4,15-17H2,1-2H3,(H,25,26)(H,27,30). The number of ether oxygens (including phenoxy) is 2. The lowest BCUT2D eigenvalue weighted by molar-refractivity contribution is 0.0348. The summed E-state index contributed by atoms with van der Waals surface area (Å²) < 4.78 is 10.3. The van der Waals surface area contributed by atoms with Gasteiger partial charge in [0.1, 0.15) is 5.84 Å². The quantitative estimate of drug-likeness (QED) is 0.471. The molecule has 1 atom stereocenters. The van der Waals surface area contributed by atoms with Crippen molar-refractivity contribution in [3.8, 4) is 0 Å². The Hall–Kier alpha value is -3.88. The van der Waals surface area contributed by atoms with Crippen LogP contribution in [0.4, 0.5) is 9.59 Å². The first kappa shape index (κ1) is 23.8. The van der Waals surface area contributed by atoms with E-state index < -0.39 is 23.5 Å². The molecule has 3 rings (SSSR count). The van der Waals surface area contributed by atoms with E-state index in [-0.39, 0.29) is 25.5 Å². The SMILES string of the molecule is CCOC(=O)NN(C(=O)OCC)C(Cc1ccccc1)(C(=O)c1ccccc1)C1=NCCN1. The number of amidine groups is 1. The van der Waals surface area contributed by atoms with Gasteiger partial charge in [0, 0.05) is 18.5 Å². The van der Waals surface area contributed by atoms with Gasteiger partial charge in [0.25, 0.3) is 0 Å². The van der Waals surface area contributed by atoms with Gasteiger partial charge in [-0.1, -0.05) is 60.7 Å². The maximum Gasteiger partial charge on any atom is 0.430 e. The molecule has 2 aromatic rings. The van der Waals surface area contributed by atoms with Crippen molar-refractivity contribution in [3.63, 3.8) is 0 Å². The summed E-state index contributed by atoms with van der Waals surface area (Å²) in [6.45, 7) is 4.32. The van der Waals surface area contributed by atoms with E-state index in [1.54, 1.807) is 44.2 Å². The Labute approximate surface area is 192 Å². The van der Waals surface area contributed by atoms with Crippen LogP contribution in [0.5, 0.6) is 0 Å². The van der Waals surface area contributed by atoms with E-state index in [2.05, 4.69) is 15.7 Å². The summed E-state index contributed by atoms with van der Waals surface area (Å²) in [6, 6.07) is 17.8. The highest BCUT2D eigenvalue weighted by molar-refractivity contribution is 6.21. The molecule has 9 heteroatoms. The number of hydrogen-bond donors (Lipinski definition) is 2. The van der Waals surface area contributed by atoms with Gasteiger partial charge in [-0.25, -0.2) is 15.0 Å². The summed E-state index contributed by atoms with van der Waals surface area (Å²) in [7, 11) is 0. The maximum atomic E-state index is 14.2. The second-order valence-electron chi connectivity index (χ2n) is 7.24. The van der Waals surface area contributed by atoms with E-state index in [0.29, 0.717) is 18.7 Å². The Morgan fingerprint density at radius 1 is 1.00 bits per heavy atom. The van der Waals surface area contributed by atoms with Gasteiger partial charge in [-0.15, -0.1) is 0 Å². The summed E-state index contributed by atoms with van der Waals surface area (Å²) in [5.41, 5.74) is 1.82. The average Bonchev–Trinajstić information content (AvgIpc) is 3.38. The third-order valence-electron chi connectivity index (χ3n) is 5.09. The smallest absolute Gasteiger partial charge is 0.430 e. The molecule has 2 aromatic carbocycles. The number of amides is 2. The van der Waals surface area contributed by atoms with Crippen LogP contribution in [0.25, 0.3) is 0 Å². The van der Waals surface area contributed by atoms with Gasteiger partial charge >= 0.3 is 12.2 Å². The van der Waals surface area contributed by atoms with Gasteiger partial charge in [0.05, 0.1) is 19.8 Å². The molecule has 0 fully saturated rings. The first-order valence-electron chi connectivity index (χ1n) is 10.9. The molecular formula is C24H28N4O5. The van der Waals surface area contributed by atoms with E-state index in [4.69, 9.17) is 9.47 Å². The van der Waals surface area contributed by atoms with Gasteiger partial charge in [0.15, 0.2) is 11.3 Å². The first-order valence-corrected chi connectivity index (χ1v) is 10.9. The normalized spacial score (nSPS) is 14.3. The minimum atomic E-state index is -1.74. The summed E-state index contributed by atoms with van der Waals surface area (Å²) in [6.07, 6.45) is -1.75. The minimum Gasteiger partial charge on any atom is -0.449 e. The van der Waals surface area contributed by atoms with Gasteiger partial charge in [-0.05, 0) is 19.4 Å². The fraction of sp³-hybridized carbons (Fsp3) is 0.333. The van der Waals surface area contributed by atoms with Crippen molar-refractivity contribution in [3.05, 3.63) is 71.8 Å². The molecule has 174 valence electrons. The van der Waals surface area contributed by atoms with Crippen molar-refractivity contribution < 1.29 is 23.9 Å². The highest BCUT2D eigenvalue weighted by Gasteiger charge is 2.54. The van der Waals surface area contributed by atoms with Gasteiger partial charge in [-0.2, -0.15) is 5.01 Å². The molecule has 1 heterocycles. The van der Waals surface area contributed by atoms with Crippen molar-refractivity contribution in [2.24, 2.45) is 4.99 Å². The molecule has 1 aliphatic heterocycles. The molecule has 0 spiro atoms. The van der Waals surface area contributed by atoms with Crippen LogP contribution < -0.4 is 10.7 Å². The maximum absolute atomic E-state index is 14.2. The highest BCUT2D eigenvalue weighted by atomic mass is 16.6. The fourth-order valence-corrected chi connectivity index (χ4v) is 3.69. The number of benzene rings is 2. The molecular weight excluding hydrogens is 424 g/mol. The molecule has 9 nitrogen and oxygen atoms in total. The fourth-order valence-electron chi connectivity index (χ4n) is 3.69. The third kappa shape index (κ3) is 5.31. The van der Waals surface area contributed by atoms with Crippen molar-refractivity contribution in [2.45, 2.75) is 25.8 Å². The number of rotatable bonds is 8. The molecule has 0 radical (unpaired) electrons. The molecule has 2 amide bonds. The Morgan fingerprint density at radius 2 is 1.64 bits per heavy atom.